The quantitative estimate of drug-likeness (QED) is 0.613. The van der Waals surface area contributed by atoms with Gasteiger partial charge in [-0.05, 0) is 25.0 Å². The molecule has 1 N–H and O–H groups in total. The van der Waals surface area contributed by atoms with Crippen molar-refractivity contribution in [3.05, 3.63) is 51.3 Å². The molecule has 0 saturated heterocycles. The second-order valence-electron chi connectivity index (χ2n) is 6.88. The summed E-state index contributed by atoms with van der Waals surface area (Å²) in [7, 11) is 0. The minimum absolute atomic E-state index is 0.108. The van der Waals surface area contributed by atoms with Crippen molar-refractivity contribution in [2.24, 2.45) is 0 Å². The van der Waals surface area contributed by atoms with Crippen LogP contribution in [0.1, 0.15) is 59.3 Å². The maximum atomic E-state index is 12.3. The van der Waals surface area contributed by atoms with Crippen LogP contribution >= 0.6 is 11.3 Å². The maximum Gasteiger partial charge on any atom is 0.325 e. The van der Waals surface area contributed by atoms with Gasteiger partial charge in [-0.1, -0.05) is 30.6 Å². The standard InChI is InChI=1S/C19H20N4O5S/c24-15-9-13(11-28-16(25)10-20-17(26)14-7-4-8-27-14)21-19-23(15)22-18(29-19)12-5-2-1-3-6-12/h4,7-9,12H,1-3,5-6,10-11H2,(H,20,26). The molecule has 3 aromatic heterocycles. The van der Waals surface area contributed by atoms with Gasteiger partial charge < -0.3 is 14.5 Å². The van der Waals surface area contributed by atoms with Crippen LogP contribution in [0, 0.1) is 0 Å². The van der Waals surface area contributed by atoms with Crippen molar-refractivity contribution in [2.45, 2.75) is 44.6 Å². The summed E-state index contributed by atoms with van der Waals surface area (Å²) in [4.78, 5) is 40.8. The molecule has 1 amide bonds. The van der Waals surface area contributed by atoms with Gasteiger partial charge in [-0.2, -0.15) is 9.61 Å². The Balaban J connectivity index is 1.37. The third-order valence-corrected chi connectivity index (χ3v) is 5.86. The van der Waals surface area contributed by atoms with Crippen LogP contribution in [-0.4, -0.2) is 33.0 Å². The summed E-state index contributed by atoms with van der Waals surface area (Å²) in [5, 5.41) is 7.78. The topological polar surface area (TPSA) is 116 Å². The minimum atomic E-state index is -0.640. The van der Waals surface area contributed by atoms with E-state index >= 15 is 0 Å². The highest BCUT2D eigenvalue weighted by atomic mass is 32.1. The number of carbonyl (C=O) groups excluding carboxylic acids is 2. The fourth-order valence-electron chi connectivity index (χ4n) is 3.31. The second kappa shape index (κ2) is 8.56. The summed E-state index contributed by atoms with van der Waals surface area (Å²) in [6.07, 6.45) is 7.15. The molecule has 1 saturated carbocycles. The first-order chi connectivity index (χ1) is 14.1. The molecule has 3 aromatic rings. The third-order valence-electron chi connectivity index (χ3n) is 4.79. The van der Waals surface area contributed by atoms with E-state index < -0.39 is 11.9 Å². The molecule has 0 unspecified atom stereocenters. The van der Waals surface area contributed by atoms with E-state index in [9.17, 15) is 14.4 Å². The lowest BCUT2D eigenvalue weighted by Gasteiger charge is -2.18. The Morgan fingerprint density at radius 2 is 2.14 bits per heavy atom. The predicted octanol–water partition coefficient (Wildman–Crippen LogP) is 2.26. The fourth-order valence-corrected chi connectivity index (χ4v) is 4.40. The Morgan fingerprint density at radius 1 is 1.31 bits per heavy atom. The monoisotopic (exact) mass is 416 g/mol. The first-order valence-electron chi connectivity index (χ1n) is 9.47. The van der Waals surface area contributed by atoms with Crippen LogP contribution in [0.5, 0.6) is 0 Å². The van der Waals surface area contributed by atoms with Crippen molar-refractivity contribution in [3.8, 4) is 0 Å². The molecule has 0 bridgehead atoms. The number of ether oxygens (including phenoxy) is 1. The van der Waals surface area contributed by atoms with Gasteiger partial charge in [-0.3, -0.25) is 14.4 Å². The van der Waals surface area contributed by atoms with E-state index in [1.807, 2.05) is 0 Å². The van der Waals surface area contributed by atoms with Gasteiger partial charge in [0.1, 0.15) is 18.2 Å². The normalized spacial score (nSPS) is 14.8. The van der Waals surface area contributed by atoms with E-state index in [4.69, 9.17) is 9.15 Å². The van der Waals surface area contributed by atoms with Crippen LogP contribution in [0.15, 0.2) is 33.7 Å². The van der Waals surface area contributed by atoms with Gasteiger partial charge in [0, 0.05) is 12.0 Å². The molecular weight excluding hydrogens is 396 g/mol. The Labute approximate surface area is 169 Å². The van der Waals surface area contributed by atoms with E-state index in [0.29, 0.717) is 16.6 Å². The summed E-state index contributed by atoms with van der Waals surface area (Å²) < 4.78 is 11.4. The molecule has 4 rings (SSSR count). The van der Waals surface area contributed by atoms with Crippen molar-refractivity contribution >= 4 is 28.2 Å². The van der Waals surface area contributed by atoms with Gasteiger partial charge in [0.25, 0.3) is 11.5 Å². The number of hydrogen-bond donors (Lipinski definition) is 1. The van der Waals surface area contributed by atoms with Crippen LogP contribution in [-0.2, 0) is 16.1 Å². The van der Waals surface area contributed by atoms with E-state index in [-0.39, 0.29) is 24.5 Å². The highest BCUT2D eigenvalue weighted by molar-refractivity contribution is 7.16. The molecule has 1 aliphatic rings. The smallest absolute Gasteiger partial charge is 0.325 e. The summed E-state index contributed by atoms with van der Waals surface area (Å²) in [5.74, 6) is -0.658. The molecule has 0 atom stereocenters. The zero-order valence-corrected chi connectivity index (χ0v) is 16.4. The highest BCUT2D eigenvalue weighted by Crippen LogP contribution is 2.34. The molecule has 0 aliphatic heterocycles. The molecule has 1 aliphatic carbocycles. The number of aromatic nitrogens is 3. The summed E-state index contributed by atoms with van der Waals surface area (Å²) in [5.41, 5.74) is 0.0463. The number of amides is 1. The summed E-state index contributed by atoms with van der Waals surface area (Å²) >= 11 is 1.41. The molecule has 9 nitrogen and oxygen atoms in total. The van der Waals surface area contributed by atoms with Gasteiger partial charge in [-0.15, -0.1) is 0 Å². The first-order valence-corrected chi connectivity index (χ1v) is 10.3. The molecule has 10 heteroatoms. The largest absolute Gasteiger partial charge is 0.459 e. The summed E-state index contributed by atoms with van der Waals surface area (Å²) in [6, 6.07) is 4.38. The predicted molar refractivity (Wildman–Crippen MR) is 104 cm³/mol. The fraction of sp³-hybridized carbons (Fsp3) is 0.421. The number of nitrogens with one attached hydrogen (secondary N) is 1. The molecule has 0 spiro atoms. The van der Waals surface area contributed by atoms with Crippen LogP contribution in [0.2, 0.25) is 0 Å². The minimum Gasteiger partial charge on any atom is -0.459 e. The van der Waals surface area contributed by atoms with Crippen molar-refractivity contribution in [1.29, 1.82) is 0 Å². The Hall–Kier alpha value is -3.01. The van der Waals surface area contributed by atoms with Gasteiger partial charge in [0.05, 0.1) is 12.0 Å². The van der Waals surface area contributed by atoms with Crippen LogP contribution in [0.4, 0.5) is 0 Å². The average Bonchev–Trinajstić information content (AvgIpc) is 3.41. The zero-order chi connectivity index (χ0) is 20.2. The lowest BCUT2D eigenvalue weighted by Crippen LogP contribution is -2.30. The number of carbonyl (C=O) groups is 2. The number of fused-ring (bicyclic) bond motifs is 1. The SMILES string of the molecule is O=C(CNC(=O)c1ccco1)OCc1cc(=O)n2nc(C3CCCCC3)sc2n1. The van der Waals surface area contributed by atoms with Crippen LogP contribution in [0.25, 0.3) is 4.96 Å². The number of rotatable bonds is 6. The molecule has 29 heavy (non-hydrogen) atoms. The number of furan rings is 1. The van der Waals surface area contributed by atoms with Gasteiger partial charge in [-0.25, -0.2) is 4.98 Å². The van der Waals surface area contributed by atoms with Gasteiger partial charge in [0.15, 0.2) is 5.76 Å². The van der Waals surface area contributed by atoms with Crippen LogP contribution in [0.3, 0.4) is 0 Å². The van der Waals surface area contributed by atoms with E-state index in [2.05, 4.69) is 15.4 Å². The molecule has 152 valence electrons. The van der Waals surface area contributed by atoms with Gasteiger partial charge in [0.2, 0.25) is 4.96 Å². The maximum absolute atomic E-state index is 12.3. The van der Waals surface area contributed by atoms with E-state index in [1.165, 1.54) is 53.5 Å². The summed E-state index contributed by atoms with van der Waals surface area (Å²) in [6.45, 7) is -0.467. The highest BCUT2D eigenvalue weighted by Gasteiger charge is 2.21. The molecule has 0 aromatic carbocycles. The lowest BCUT2D eigenvalue weighted by molar-refractivity contribution is -0.143. The van der Waals surface area contributed by atoms with E-state index in [1.54, 1.807) is 6.07 Å². The van der Waals surface area contributed by atoms with Crippen LogP contribution < -0.4 is 10.9 Å². The molecule has 1 fully saturated rings. The molecule has 0 radical (unpaired) electrons. The number of nitrogens with zero attached hydrogens (tertiary/aromatic N) is 3. The Morgan fingerprint density at radius 3 is 2.90 bits per heavy atom. The first kappa shape index (κ1) is 19.3. The lowest BCUT2D eigenvalue weighted by atomic mass is 9.90. The molecular formula is C19H20N4O5S. The van der Waals surface area contributed by atoms with Crippen molar-refractivity contribution < 1.29 is 18.7 Å². The average molecular weight is 416 g/mol. The van der Waals surface area contributed by atoms with Crippen molar-refractivity contribution in [3.63, 3.8) is 0 Å². The Kier molecular flexibility index (Phi) is 5.70. The van der Waals surface area contributed by atoms with Gasteiger partial charge >= 0.3 is 5.97 Å². The zero-order valence-electron chi connectivity index (χ0n) is 15.6. The molecule has 3 heterocycles. The number of esters is 1. The van der Waals surface area contributed by atoms with E-state index in [0.717, 1.165) is 17.8 Å². The Bertz CT molecular complexity index is 1070. The number of hydrogen-bond acceptors (Lipinski definition) is 8. The third kappa shape index (κ3) is 4.53. The second-order valence-corrected chi connectivity index (χ2v) is 7.86. The van der Waals surface area contributed by atoms with Crippen molar-refractivity contribution in [1.82, 2.24) is 19.9 Å². The van der Waals surface area contributed by atoms with Crippen molar-refractivity contribution in [2.75, 3.05) is 6.54 Å².